The highest BCUT2D eigenvalue weighted by atomic mass is 79.9. The number of amides is 1. The molecule has 1 saturated heterocycles. The molecule has 0 bridgehead atoms. The lowest BCUT2D eigenvalue weighted by molar-refractivity contribution is -0.133. The molecule has 1 aliphatic rings. The Labute approximate surface area is 114 Å². The first kappa shape index (κ1) is 13.1. The number of carbonyl (C=O) groups excluding carboxylic acids is 1. The van der Waals surface area contributed by atoms with Crippen LogP contribution in [0.1, 0.15) is 38.1 Å². The first-order valence-electron chi connectivity index (χ1n) is 5.63. The van der Waals surface area contributed by atoms with E-state index in [0.29, 0.717) is 6.42 Å². The third-order valence-corrected chi connectivity index (χ3v) is 4.67. The maximum absolute atomic E-state index is 12.1. The Kier molecular flexibility index (Phi) is 3.36. The SMILES string of the molecule is CC(C)(C)N1C(=O)CC(N)C1c1ccc(Br)s1. The molecule has 0 spiro atoms. The van der Waals surface area contributed by atoms with Crippen molar-refractivity contribution in [1.29, 1.82) is 0 Å². The first-order chi connectivity index (χ1) is 7.80. The summed E-state index contributed by atoms with van der Waals surface area (Å²) in [7, 11) is 0. The number of carbonyl (C=O) groups is 1. The van der Waals surface area contributed by atoms with E-state index in [1.807, 2.05) is 11.0 Å². The van der Waals surface area contributed by atoms with Crippen molar-refractivity contribution in [2.24, 2.45) is 5.73 Å². The maximum atomic E-state index is 12.1. The summed E-state index contributed by atoms with van der Waals surface area (Å²) in [5.41, 5.74) is 5.94. The van der Waals surface area contributed by atoms with Crippen LogP contribution in [0.4, 0.5) is 0 Å². The van der Waals surface area contributed by atoms with Gasteiger partial charge >= 0.3 is 0 Å². The van der Waals surface area contributed by atoms with Crippen LogP contribution in [0.2, 0.25) is 0 Å². The van der Waals surface area contributed by atoms with Gasteiger partial charge in [0.2, 0.25) is 5.91 Å². The highest BCUT2D eigenvalue weighted by molar-refractivity contribution is 9.11. The van der Waals surface area contributed by atoms with Crippen molar-refractivity contribution in [3.63, 3.8) is 0 Å². The lowest BCUT2D eigenvalue weighted by Gasteiger charge is -2.37. The van der Waals surface area contributed by atoms with Crippen LogP contribution in [-0.2, 0) is 4.79 Å². The molecule has 94 valence electrons. The summed E-state index contributed by atoms with van der Waals surface area (Å²) in [6, 6.07) is 3.97. The summed E-state index contributed by atoms with van der Waals surface area (Å²) in [5, 5.41) is 0. The quantitative estimate of drug-likeness (QED) is 0.866. The molecular formula is C12H17BrN2OS. The molecule has 2 unspecified atom stereocenters. The highest BCUT2D eigenvalue weighted by Crippen LogP contribution is 2.41. The number of halogens is 1. The van der Waals surface area contributed by atoms with Crippen molar-refractivity contribution in [1.82, 2.24) is 4.90 Å². The molecule has 2 heterocycles. The Morgan fingerprint density at radius 1 is 1.47 bits per heavy atom. The van der Waals surface area contributed by atoms with E-state index in [-0.39, 0.29) is 23.5 Å². The summed E-state index contributed by atoms with van der Waals surface area (Å²) >= 11 is 5.11. The van der Waals surface area contributed by atoms with E-state index in [1.54, 1.807) is 11.3 Å². The minimum absolute atomic E-state index is 0.0128. The predicted molar refractivity (Wildman–Crippen MR) is 74.0 cm³/mol. The molecule has 2 rings (SSSR count). The van der Waals surface area contributed by atoms with E-state index < -0.39 is 0 Å². The maximum Gasteiger partial charge on any atom is 0.225 e. The van der Waals surface area contributed by atoms with Gasteiger partial charge in [0.05, 0.1) is 9.83 Å². The van der Waals surface area contributed by atoms with Crippen molar-refractivity contribution in [3.8, 4) is 0 Å². The van der Waals surface area contributed by atoms with Gasteiger partial charge < -0.3 is 10.6 Å². The van der Waals surface area contributed by atoms with Gasteiger partial charge in [0.1, 0.15) is 0 Å². The smallest absolute Gasteiger partial charge is 0.225 e. The topological polar surface area (TPSA) is 46.3 Å². The van der Waals surface area contributed by atoms with E-state index in [2.05, 4.69) is 42.8 Å². The van der Waals surface area contributed by atoms with Gasteiger partial charge in [-0.2, -0.15) is 0 Å². The monoisotopic (exact) mass is 316 g/mol. The van der Waals surface area contributed by atoms with E-state index in [9.17, 15) is 4.79 Å². The lowest BCUT2D eigenvalue weighted by Crippen LogP contribution is -2.45. The predicted octanol–water partition coefficient (Wildman–Crippen LogP) is 2.91. The van der Waals surface area contributed by atoms with Crippen molar-refractivity contribution in [3.05, 3.63) is 20.8 Å². The van der Waals surface area contributed by atoms with Gasteiger partial charge in [-0.1, -0.05) is 0 Å². The summed E-state index contributed by atoms with van der Waals surface area (Å²) in [5.74, 6) is 0.152. The van der Waals surface area contributed by atoms with Crippen molar-refractivity contribution in [2.45, 2.75) is 44.8 Å². The number of nitrogens with zero attached hydrogens (tertiary/aromatic N) is 1. The number of thiophene rings is 1. The fourth-order valence-electron chi connectivity index (χ4n) is 2.38. The van der Waals surface area contributed by atoms with Crippen LogP contribution in [0, 0.1) is 0 Å². The molecule has 5 heteroatoms. The summed E-state index contributed by atoms with van der Waals surface area (Å²) in [6.45, 7) is 6.16. The van der Waals surface area contributed by atoms with Crippen molar-refractivity contribution >= 4 is 33.2 Å². The Morgan fingerprint density at radius 2 is 2.12 bits per heavy atom. The molecule has 1 fully saturated rings. The molecule has 0 aliphatic carbocycles. The molecule has 3 nitrogen and oxygen atoms in total. The van der Waals surface area contributed by atoms with Crippen LogP contribution in [0.15, 0.2) is 15.9 Å². The number of rotatable bonds is 1. The average Bonchev–Trinajstić information content (AvgIpc) is 2.68. The Bertz CT molecular complexity index is 438. The average molecular weight is 317 g/mol. The Morgan fingerprint density at radius 3 is 2.59 bits per heavy atom. The Balaban J connectivity index is 2.39. The summed E-state index contributed by atoms with van der Waals surface area (Å²) in [6.07, 6.45) is 0.442. The van der Waals surface area contributed by atoms with E-state index in [4.69, 9.17) is 5.73 Å². The van der Waals surface area contributed by atoms with Crippen LogP contribution in [0.5, 0.6) is 0 Å². The number of hydrogen-bond acceptors (Lipinski definition) is 3. The molecule has 1 amide bonds. The zero-order chi connectivity index (χ0) is 12.8. The Hall–Kier alpha value is -0.390. The van der Waals surface area contributed by atoms with Crippen LogP contribution in [-0.4, -0.2) is 22.4 Å². The van der Waals surface area contributed by atoms with Gasteiger partial charge in [-0.3, -0.25) is 4.79 Å². The van der Waals surface area contributed by atoms with E-state index in [0.717, 1.165) is 8.66 Å². The molecular weight excluding hydrogens is 300 g/mol. The van der Waals surface area contributed by atoms with Crippen molar-refractivity contribution < 1.29 is 4.79 Å². The second-order valence-corrected chi connectivity index (χ2v) is 7.88. The zero-order valence-corrected chi connectivity index (χ0v) is 12.6. The zero-order valence-electron chi connectivity index (χ0n) is 10.2. The molecule has 0 radical (unpaired) electrons. The highest BCUT2D eigenvalue weighted by Gasteiger charge is 2.44. The van der Waals surface area contributed by atoms with Gasteiger partial charge in [0, 0.05) is 22.9 Å². The van der Waals surface area contributed by atoms with Crippen molar-refractivity contribution in [2.75, 3.05) is 0 Å². The third-order valence-electron chi connectivity index (χ3n) is 2.97. The molecule has 2 atom stereocenters. The summed E-state index contributed by atoms with van der Waals surface area (Å²) in [4.78, 5) is 15.1. The molecule has 2 N–H and O–H groups in total. The molecule has 1 aromatic rings. The van der Waals surface area contributed by atoms with Crippen LogP contribution in [0.3, 0.4) is 0 Å². The number of hydrogen-bond donors (Lipinski definition) is 1. The summed E-state index contributed by atoms with van der Waals surface area (Å²) < 4.78 is 1.08. The molecule has 0 aromatic carbocycles. The normalized spacial score (nSPS) is 25.7. The van der Waals surface area contributed by atoms with Gasteiger partial charge in [-0.25, -0.2) is 0 Å². The van der Waals surface area contributed by atoms with E-state index in [1.165, 1.54) is 0 Å². The van der Waals surface area contributed by atoms with Crippen LogP contribution < -0.4 is 5.73 Å². The fraction of sp³-hybridized carbons (Fsp3) is 0.583. The number of nitrogens with two attached hydrogens (primary N) is 1. The second-order valence-electron chi connectivity index (χ2n) is 5.39. The largest absolute Gasteiger partial charge is 0.328 e. The second kappa shape index (κ2) is 4.37. The molecule has 1 aromatic heterocycles. The van der Waals surface area contributed by atoms with E-state index >= 15 is 0 Å². The minimum atomic E-state index is -0.188. The van der Waals surface area contributed by atoms with Gasteiger partial charge in [-0.15, -0.1) is 11.3 Å². The van der Waals surface area contributed by atoms with Crippen LogP contribution in [0.25, 0.3) is 0 Å². The minimum Gasteiger partial charge on any atom is -0.328 e. The third kappa shape index (κ3) is 2.41. The first-order valence-corrected chi connectivity index (χ1v) is 7.24. The molecule has 0 saturated carbocycles. The number of likely N-dealkylation sites (tertiary alicyclic amines) is 1. The standard InChI is InChI=1S/C12H17BrN2OS/c1-12(2,3)15-10(16)6-7(14)11(15)8-4-5-9(13)17-8/h4-5,7,11H,6,14H2,1-3H3. The van der Waals surface area contributed by atoms with Crippen LogP contribution >= 0.6 is 27.3 Å². The van der Waals surface area contributed by atoms with Gasteiger partial charge in [0.25, 0.3) is 0 Å². The fourth-order valence-corrected chi connectivity index (χ4v) is 3.97. The lowest BCUT2D eigenvalue weighted by atomic mass is 10.0. The molecule has 17 heavy (non-hydrogen) atoms. The van der Waals surface area contributed by atoms with Gasteiger partial charge in [0.15, 0.2) is 0 Å². The van der Waals surface area contributed by atoms with Gasteiger partial charge in [-0.05, 0) is 48.8 Å². The molecule has 1 aliphatic heterocycles.